The summed E-state index contributed by atoms with van der Waals surface area (Å²) < 4.78 is 0. The van der Waals surface area contributed by atoms with Gasteiger partial charge in [-0.05, 0) is 43.2 Å². The summed E-state index contributed by atoms with van der Waals surface area (Å²) in [7, 11) is 1.89. The Labute approximate surface area is 122 Å². The van der Waals surface area contributed by atoms with Crippen LogP contribution in [0, 0.1) is 12.8 Å². The average molecular weight is 271 g/mol. The summed E-state index contributed by atoms with van der Waals surface area (Å²) in [6.45, 7) is 10.0. The summed E-state index contributed by atoms with van der Waals surface area (Å²) in [4.78, 5) is 10.6. The Bertz CT molecular complexity index is 476. The zero-order chi connectivity index (χ0) is 15.0. The van der Waals surface area contributed by atoms with E-state index in [0.29, 0.717) is 12.3 Å². The average Bonchev–Trinajstić information content (AvgIpc) is 2.46. The standard InChI is InChI=1S/C18H25NO/c1-5-16-9-8-14(2)13-18(16)11-10-17(7-6-12-20)15(3)19-4/h5,8-9,12-13,17,19H,1,3,6-7,10-11H2,2,4H3. The van der Waals surface area contributed by atoms with Gasteiger partial charge in [0.15, 0.2) is 0 Å². The van der Waals surface area contributed by atoms with Gasteiger partial charge in [-0.1, -0.05) is 43.0 Å². The Hall–Kier alpha value is -1.83. The topological polar surface area (TPSA) is 29.1 Å². The molecule has 1 atom stereocenters. The Morgan fingerprint density at radius 3 is 2.75 bits per heavy atom. The van der Waals surface area contributed by atoms with Gasteiger partial charge < -0.3 is 10.1 Å². The van der Waals surface area contributed by atoms with Crippen LogP contribution in [0.25, 0.3) is 6.08 Å². The van der Waals surface area contributed by atoms with Gasteiger partial charge >= 0.3 is 0 Å². The third-order valence-corrected chi connectivity index (χ3v) is 3.73. The summed E-state index contributed by atoms with van der Waals surface area (Å²) in [5.74, 6) is 0.336. The van der Waals surface area contributed by atoms with E-state index in [1.54, 1.807) is 0 Å². The number of benzene rings is 1. The Morgan fingerprint density at radius 1 is 1.40 bits per heavy atom. The number of aryl methyl sites for hydroxylation is 2. The highest BCUT2D eigenvalue weighted by Crippen LogP contribution is 2.22. The number of rotatable bonds is 9. The van der Waals surface area contributed by atoms with E-state index in [9.17, 15) is 4.79 Å². The van der Waals surface area contributed by atoms with Crippen LogP contribution in [-0.2, 0) is 11.2 Å². The lowest BCUT2D eigenvalue weighted by molar-refractivity contribution is -0.108. The van der Waals surface area contributed by atoms with E-state index in [-0.39, 0.29) is 0 Å². The van der Waals surface area contributed by atoms with Crippen molar-refractivity contribution < 1.29 is 4.79 Å². The first-order valence-corrected chi connectivity index (χ1v) is 7.14. The molecule has 108 valence electrons. The molecule has 0 aromatic heterocycles. The predicted molar refractivity (Wildman–Crippen MR) is 86.6 cm³/mol. The van der Waals surface area contributed by atoms with Crippen LogP contribution in [0.15, 0.2) is 37.1 Å². The summed E-state index contributed by atoms with van der Waals surface area (Å²) >= 11 is 0. The third kappa shape index (κ3) is 4.69. The quantitative estimate of drug-likeness (QED) is 0.690. The molecule has 0 radical (unpaired) electrons. The first kappa shape index (κ1) is 16.2. The maximum absolute atomic E-state index is 10.6. The first-order chi connectivity index (χ1) is 9.62. The molecule has 0 amide bonds. The molecule has 2 nitrogen and oxygen atoms in total. The number of hydrogen-bond donors (Lipinski definition) is 1. The molecule has 0 heterocycles. The molecule has 0 fully saturated rings. The van der Waals surface area contributed by atoms with Crippen molar-refractivity contribution in [2.24, 2.45) is 5.92 Å². The molecule has 0 saturated heterocycles. The second-order valence-electron chi connectivity index (χ2n) is 5.16. The van der Waals surface area contributed by atoms with Crippen molar-refractivity contribution in [1.82, 2.24) is 5.32 Å². The summed E-state index contributed by atoms with van der Waals surface area (Å²) in [5.41, 5.74) is 4.79. The van der Waals surface area contributed by atoms with E-state index in [1.807, 2.05) is 13.1 Å². The van der Waals surface area contributed by atoms with Crippen molar-refractivity contribution in [1.29, 1.82) is 0 Å². The molecule has 0 saturated carbocycles. The molecule has 1 unspecified atom stereocenters. The van der Waals surface area contributed by atoms with E-state index in [4.69, 9.17) is 0 Å². The lowest BCUT2D eigenvalue weighted by Gasteiger charge is -2.19. The fourth-order valence-corrected chi connectivity index (χ4v) is 2.45. The maximum Gasteiger partial charge on any atom is 0.120 e. The van der Waals surface area contributed by atoms with Gasteiger partial charge in [0.05, 0.1) is 0 Å². The Morgan fingerprint density at radius 2 is 2.15 bits per heavy atom. The van der Waals surface area contributed by atoms with Crippen LogP contribution in [0.5, 0.6) is 0 Å². The van der Waals surface area contributed by atoms with Gasteiger partial charge in [0.25, 0.3) is 0 Å². The normalized spacial score (nSPS) is 11.7. The minimum atomic E-state index is 0.336. The summed E-state index contributed by atoms with van der Waals surface area (Å²) in [5, 5.41) is 3.12. The van der Waals surface area contributed by atoms with Crippen molar-refractivity contribution in [3.63, 3.8) is 0 Å². The van der Waals surface area contributed by atoms with Gasteiger partial charge in [0.1, 0.15) is 6.29 Å². The largest absolute Gasteiger partial charge is 0.392 e. The zero-order valence-electron chi connectivity index (χ0n) is 12.6. The maximum atomic E-state index is 10.6. The van der Waals surface area contributed by atoms with Crippen LogP contribution in [0.3, 0.4) is 0 Å². The minimum absolute atomic E-state index is 0.336. The monoisotopic (exact) mass is 271 g/mol. The van der Waals surface area contributed by atoms with Crippen molar-refractivity contribution >= 4 is 12.4 Å². The van der Waals surface area contributed by atoms with E-state index >= 15 is 0 Å². The minimum Gasteiger partial charge on any atom is -0.392 e. The van der Waals surface area contributed by atoms with Crippen molar-refractivity contribution in [2.75, 3.05) is 7.05 Å². The lowest BCUT2D eigenvalue weighted by atomic mass is 9.91. The van der Waals surface area contributed by atoms with Gasteiger partial charge in [-0.3, -0.25) is 0 Å². The smallest absolute Gasteiger partial charge is 0.120 e. The molecule has 20 heavy (non-hydrogen) atoms. The van der Waals surface area contributed by atoms with Crippen molar-refractivity contribution in [2.45, 2.75) is 32.6 Å². The van der Waals surface area contributed by atoms with Gasteiger partial charge in [-0.2, -0.15) is 0 Å². The molecule has 0 spiro atoms. The van der Waals surface area contributed by atoms with Crippen LogP contribution in [-0.4, -0.2) is 13.3 Å². The highest BCUT2D eigenvalue weighted by Gasteiger charge is 2.12. The molecule has 1 aromatic rings. The van der Waals surface area contributed by atoms with Crippen molar-refractivity contribution in [3.8, 4) is 0 Å². The van der Waals surface area contributed by atoms with Crippen molar-refractivity contribution in [3.05, 3.63) is 53.7 Å². The first-order valence-electron chi connectivity index (χ1n) is 7.14. The number of hydrogen-bond acceptors (Lipinski definition) is 2. The van der Waals surface area contributed by atoms with Gasteiger partial charge in [-0.25, -0.2) is 0 Å². The molecule has 2 heteroatoms. The van der Waals surface area contributed by atoms with E-state index < -0.39 is 0 Å². The van der Waals surface area contributed by atoms with E-state index in [1.165, 1.54) is 16.7 Å². The Balaban J connectivity index is 2.75. The van der Waals surface area contributed by atoms with Gasteiger partial charge in [0, 0.05) is 19.2 Å². The third-order valence-electron chi connectivity index (χ3n) is 3.73. The summed E-state index contributed by atoms with van der Waals surface area (Å²) in [6.07, 6.45) is 6.32. The van der Waals surface area contributed by atoms with Crippen LogP contribution < -0.4 is 5.32 Å². The van der Waals surface area contributed by atoms with Gasteiger partial charge in [-0.15, -0.1) is 0 Å². The zero-order valence-corrected chi connectivity index (χ0v) is 12.6. The molecule has 1 N–H and O–H groups in total. The predicted octanol–water partition coefficient (Wildman–Crippen LogP) is 3.90. The number of carbonyl (C=O) groups excluding carboxylic acids is 1. The molecule has 0 bridgehead atoms. The second kappa shape index (κ2) is 8.36. The highest BCUT2D eigenvalue weighted by atomic mass is 16.1. The van der Waals surface area contributed by atoms with Crippen LogP contribution in [0.2, 0.25) is 0 Å². The molecular formula is C18H25NO. The van der Waals surface area contributed by atoms with Crippen LogP contribution >= 0.6 is 0 Å². The number of carbonyl (C=O) groups is 1. The fraction of sp³-hybridized carbons (Fsp3) is 0.389. The molecule has 0 aliphatic carbocycles. The lowest BCUT2D eigenvalue weighted by Crippen LogP contribution is -2.16. The van der Waals surface area contributed by atoms with E-state index in [0.717, 1.165) is 31.2 Å². The molecule has 1 rings (SSSR count). The van der Waals surface area contributed by atoms with Crippen LogP contribution in [0.4, 0.5) is 0 Å². The second-order valence-corrected chi connectivity index (χ2v) is 5.16. The number of aldehydes is 1. The fourth-order valence-electron chi connectivity index (χ4n) is 2.45. The number of allylic oxidation sites excluding steroid dienone is 1. The van der Waals surface area contributed by atoms with Crippen LogP contribution in [0.1, 0.15) is 36.0 Å². The molecule has 1 aromatic carbocycles. The highest BCUT2D eigenvalue weighted by molar-refractivity contribution is 5.53. The molecule has 0 aliphatic rings. The Kier molecular flexibility index (Phi) is 6.78. The van der Waals surface area contributed by atoms with E-state index in [2.05, 4.69) is 43.6 Å². The molecule has 0 aliphatic heterocycles. The number of nitrogens with one attached hydrogen (secondary N) is 1. The molecular weight excluding hydrogens is 246 g/mol. The van der Waals surface area contributed by atoms with Gasteiger partial charge in [0.2, 0.25) is 0 Å². The summed E-state index contributed by atoms with van der Waals surface area (Å²) in [6, 6.07) is 6.44. The SMILES string of the molecule is C=Cc1ccc(C)cc1CCC(CCC=O)C(=C)NC.